The number of anilines is 1. The maximum absolute atomic E-state index is 10.5. The predicted molar refractivity (Wildman–Crippen MR) is 145 cm³/mol. The lowest BCUT2D eigenvalue weighted by molar-refractivity contribution is -0.188. The Morgan fingerprint density at radius 1 is 1.37 bits per heavy atom. The average molecular weight is 576 g/mol. The number of nitrogen functional groups attached to an aromatic ring is 1. The highest BCUT2D eigenvalue weighted by molar-refractivity contribution is 8.68. The zero-order valence-corrected chi connectivity index (χ0v) is 24.1. The first-order valence-electron chi connectivity index (χ1n) is 12.8. The van der Waals surface area contributed by atoms with E-state index in [1.807, 2.05) is 13.8 Å². The van der Waals surface area contributed by atoms with Gasteiger partial charge in [-0.05, 0) is 76.8 Å². The Bertz CT molecular complexity index is 1480. The van der Waals surface area contributed by atoms with Crippen molar-refractivity contribution >= 4 is 40.2 Å². The molecule has 13 heteroatoms. The van der Waals surface area contributed by atoms with E-state index in [0.717, 1.165) is 19.3 Å². The van der Waals surface area contributed by atoms with Crippen LogP contribution in [0.25, 0.3) is 5.52 Å². The Morgan fingerprint density at radius 3 is 2.89 bits per heavy atom. The molecule has 10 nitrogen and oxygen atoms in total. The van der Waals surface area contributed by atoms with E-state index >= 15 is 0 Å². The van der Waals surface area contributed by atoms with Gasteiger partial charge in [0.05, 0.1) is 11.8 Å². The lowest BCUT2D eigenvalue weighted by atomic mass is 9.77. The molecule has 0 radical (unpaired) electrons. The number of nitrogens with zero attached hydrogens (tertiary/aromatic N) is 4. The fourth-order valence-electron chi connectivity index (χ4n) is 6.71. The third-order valence-corrected chi connectivity index (χ3v) is 14.4. The number of ether oxygens (including phenoxy) is 3. The van der Waals surface area contributed by atoms with Crippen molar-refractivity contribution in [3.63, 3.8) is 0 Å². The van der Waals surface area contributed by atoms with Crippen LogP contribution in [0.3, 0.4) is 0 Å². The van der Waals surface area contributed by atoms with Crippen LogP contribution in [0.15, 0.2) is 30.6 Å². The summed E-state index contributed by atoms with van der Waals surface area (Å²) in [6.45, 7) is 12.1. The summed E-state index contributed by atoms with van der Waals surface area (Å²) in [4.78, 5) is 4.05. The monoisotopic (exact) mass is 575 g/mol. The van der Waals surface area contributed by atoms with Gasteiger partial charge in [0.2, 0.25) is 11.3 Å². The average Bonchev–Trinajstić information content (AvgIpc) is 3.27. The highest BCUT2D eigenvalue weighted by atomic mass is 32.9. The van der Waals surface area contributed by atoms with Gasteiger partial charge in [0.25, 0.3) is 0 Å². The van der Waals surface area contributed by atoms with Gasteiger partial charge in [-0.3, -0.25) is 0 Å². The number of rotatable bonds is 4. The molecule has 9 atom stereocenters. The third kappa shape index (κ3) is 3.28. The minimum Gasteiger partial charge on any atom is -0.382 e. The molecule has 0 bridgehead atoms. The molecule has 5 fully saturated rings. The molecule has 5 heterocycles. The lowest BCUT2D eigenvalue weighted by Crippen LogP contribution is -2.46. The van der Waals surface area contributed by atoms with E-state index in [-0.39, 0.29) is 10.9 Å². The van der Waals surface area contributed by atoms with E-state index in [1.54, 1.807) is 28.0 Å². The molecule has 2 N–H and O–H groups in total. The van der Waals surface area contributed by atoms with Crippen LogP contribution < -0.4 is 5.73 Å². The predicted octanol–water partition coefficient (Wildman–Crippen LogP) is 4.21. The Balaban J connectivity index is 1.21. The van der Waals surface area contributed by atoms with E-state index in [2.05, 4.69) is 36.6 Å². The van der Waals surface area contributed by atoms with Crippen LogP contribution >= 0.6 is 17.1 Å². The molecule has 3 saturated heterocycles. The van der Waals surface area contributed by atoms with Crippen molar-refractivity contribution in [3.05, 3.63) is 36.3 Å². The number of aromatic nitrogens is 3. The van der Waals surface area contributed by atoms with Crippen molar-refractivity contribution in [1.82, 2.24) is 14.6 Å². The smallest absolute Gasteiger partial charge is 0.248 e. The molecule has 2 aromatic heterocycles. The summed E-state index contributed by atoms with van der Waals surface area (Å²) in [6, 6.07) is 5.92. The molecule has 202 valence electrons. The van der Waals surface area contributed by atoms with Crippen LogP contribution in [0.5, 0.6) is 0 Å². The molecule has 7 rings (SSSR count). The summed E-state index contributed by atoms with van der Waals surface area (Å²) in [5.41, 5.74) is 3.11. The highest BCUT2D eigenvalue weighted by Crippen LogP contribution is 2.79. The molecule has 1 unspecified atom stereocenters. The van der Waals surface area contributed by atoms with Crippen LogP contribution in [-0.2, 0) is 40.7 Å². The zero-order valence-electron chi connectivity index (χ0n) is 21.6. The second-order valence-electron chi connectivity index (χ2n) is 11.7. The number of hydrogen-bond acceptors (Lipinski definition) is 11. The van der Waals surface area contributed by atoms with Crippen LogP contribution in [0.2, 0.25) is 0 Å². The lowest BCUT2D eigenvalue weighted by Gasteiger charge is -2.37. The molecular weight excluding hydrogens is 545 g/mol. The van der Waals surface area contributed by atoms with Crippen molar-refractivity contribution in [1.29, 1.82) is 5.26 Å². The summed E-state index contributed by atoms with van der Waals surface area (Å²) in [5.74, 6) is -0.223. The summed E-state index contributed by atoms with van der Waals surface area (Å²) >= 11 is 7.72. The van der Waals surface area contributed by atoms with Gasteiger partial charge in [-0.15, -0.1) is 0 Å². The molecular formula is C25H30N5O5PS2. The normalized spacial score (nSPS) is 46.3. The molecule has 2 aliphatic carbocycles. The van der Waals surface area contributed by atoms with Gasteiger partial charge in [-0.1, -0.05) is 23.5 Å². The Labute approximate surface area is 230 Å². The van der Waals surface area contributed by atoms with Gasteiger partial charge >= 0.3 is 0 Å². The molecule has 2 saturated carbocycles. The van der Waals surface area contributed by atoms with Gasteiger partial charge in [-0.2, -0.15) is 10.4 Å². The van der Waals surface area contributed by atoms with E-state index in [4.69, 9.17) is 40.8 Å². The largest absolute Gasteiger partial charge is 0.382 e. The van der Waals surface area contributed by atoms with Crippen molar-refractivity contribution < 1.29 is 23.3 Å². The second-order valence-corrected chi connectivity index (χ2v) is 18.2. The van der Waals surface area contributed by atoms with Crippen LogP contribution in [0, 0.1) is 17.2 Å². The maximum atomic E-state index is 10.5. The Kier molecular flexibility index (Phi) is 5.22. The van der Waals surface area contributed by atoms with Gasteiger partial charge < -0.3 is 29.0 Å². The first-order chi connectivity index (χ1) is 17.9. The number of hydrogen-bond donors (Lipinski definition) is 1. The van der Waals surface area contributed by atoms with Crippen LogP contribution in [0.1, 0.15) is 52.7 Å². The summed E-state index contributed by atoms with van der Waals surface area (Å²) in [7, 11) is 0. The number of fused-ring (bicyclic) bond motifs is 2. The van der Waals surface area contributed by atoms with E-state index < -0.39 is 41.0 Å². The molecule has 2 aromatic rings. The quantitative estimate of drug-likeness (QED) is 0.416. The van der Waals surface area contributed by atoms with Crippen molar-refractivity contribution in [2.75, 3.05) is 5.73 Å². The van der Waals surface area contributed by atoms with Gasteiger partial charge in [-0.25, -0.2) is 9.50 Å². The SMILES string of the molecule is C=C(C)[C@H]1CC[C@@]2(C)S[P@@](=S)(OC3[C@H]4O[C@@](C#N)(c5ccc6c(N)ncnn56)[C@@H]5OC(C)(C)O[C@]345)O[C@@H]2C1. The van der Waals surface area contributed by atoms with Gasteiger partial charge in [0, 0.05) is 4.75 Å². The molecule has 0 amide bonds. The minimum atomic E-state index is -2.72. The summed E-state index contributed by atoms with van der Waals surface area (Å²) in [5, 5.41) is 14.9. The second kappa shape index (κ2) is 7.80. The third-order valence-electron chi connectivity index (χ3n) is 8.68. The van der Waals surface area contributed by atoms with Gasteiger partial charge in [0.15, 0.2) is 17.2 Å². The van der Waals surface area contributed by atoms with Crippen LogP contribution in [0.4, 0.5) is 5.82 Å². The topological polar surface area (TPSA) is 126 Å². The Hall–Kier alpha value is -1.55. The molecule has 5 aliphatic rings. The fourth-order valence-corrected chi connectivity index (χ4v) is 14.2. The van der Waals surface area contributed by atoms with E-state index in [0.29, 0.717) is 22.9 Å². The highest BCUT2D eigenvalue weighted by Gasteiger charge is 2.89. The van der Waals surface area contributed by atoms with Crippen LogP contribution in [-0.4, -0.2) is 55.1 Å². The molecule has 1 spiro atoms. The molecule has 3 aliphatic heterocycles. The fraction of sp³-hybridized carbons (Fsp3) is 0.640. The standard InChI is InChI=1S/C25H30N5O5PS2/c1-13(2)14-8-9-23(5)17(10-14)33-36(37,38-23)34-19-18-25(19)21(32-22(3,4)35-25)24(11-26,31-18)16-7-6-15-20(27)28-12-29-30(15)16/h6-7,12,14,17-19,21H,1,8-10H2,2-5H3,(H2,27,28,29)/t14-,17+,18+,19?,21-,23+,24-,25-,36+/m0/s1. The van der Waals surface area contributed by atoms with E-state index in [1.165, 1.54) is 11.9 Å². The number of nitriles is 1. The van der Waals surface area contributed by atoms with Crippen molar-refractivity contribution in [3.8, 4) is 6.07 Å². The summed E-state index contributed by atoms with van der Waals surface area (Å²) < 4.78 is 34.1. The molecule has 38 heavy (non-hydrogen) atoms. The van der Waals surface area contributed by atoms with Crippen molar-refractivity contribution in [2.45, 2.75) is 93.1 Å². The first-order valence-corrected chi connectivity index (χ1v) is 16.8. The molecule has 0 aromatic carbocycles. The maximum Gasteiger partial charge on any atom is 0.248 e. The minimum absolute atomic E-state index is 0.00852. The number of allylic oxidation sites excluding steroid dienone is 1. The summed E-state index contributed by atoms with van der Waals surface area (Å²) in [6.07, 6.45) is 2.48. The zero-order chi connectivity index (χ0) is 26.9. The number of nitrogens with two attached hydrogens (primary N) is 1. The van der Waals surface area contributed by atoms with E-state index in [9.17, 15) is 5.26 Å². The van der Waals surface area contributed by atoms with Crippen molar-refractivity contribution in [2.24, 2.45) is 5.92 Å². The first kappa shape index (κ1) is 25.4. The van der Waals surface area contributed by atoms with Gasteiger partial charge in [0.1, 0.15) is 36.2 Å². The Morgan fingerprint density at radius 2 is 2.16 bits per heavy atom.